The summed E-state index contributed by atoms with van der Waals surface area (Å²) < 4.78 is 27.7. The van der Waals surface area contributed by atoms with Crippen molar-refractivity contribution in [1.82, 2.24) is 9.03 Å². The van der Waals surface area contributed by atoms with E-state index in [9.17, 15) is 13.2 Å². The number of benzene rings is 1. The van der Waals surface area contributed by atoms with Gasteiger partial charge in [0.2, 0.25) is 0 Å². The molecule has 118 valence electrons. The molecule has 0 saturated carbocycles. The minimum Gasteiger partial charge on any atom is -0.481 e. The smallest absolute Gasteiger partial charge is 0.308 e. The Morgan fingerprint density at radius 2 is 1.86 bits per heavy atom. The molecule has 0 amide bonds. The zero-order valence-corrected chi connectivity index (χ0v) is 13.3. The Morgan fingerprint density at radius 1 is 1.29 bits per heavy atom. The number of rotatable bonds is 8. The van der Waals surface area contributed by atoms with E-state index in [1.54, 1.807) is 13.8 Å². The number of carboxylic acids is 1. The molecule has 6 nitrogen and oxygen atoms in total. The molecule has 7 heteroatoms. The Morgan fingerprint density at radius 3 is 2.33 bits per heavy atom. The average molecular weight is 314 g/mol. The first-order valence-electron chi connectivity index (χ1n) is 6.71. The number of nitrogens with one attached hydrogen (secondary N) is 1. The van der Waals surface area contributed by atoms with Gasteiger partial charge < -0.3 is 5.11 Å². The van der Waals surface area contributed by atoms with Gasteiger partial charge in [-0.05, 0) is 11.5 Å². The van der Waals surface area contributed by atoms with Crippen molar-refractivity contribution < 1.29 is 18.3 Å². The van der Waals surface area contributed by atoms with Crippen LogP contribution in [0.5, 0.6) is 0 Å². The Balaban J connectivity index is 2.66. The van der Waals surface area contributed by atoms with Crippen molar-refractivity contribution in [1.29, 1.82) is 0 Å². The Labute approximate surface area is 126 Å². The summed E-state index contributed by atoms with van der Waals surface area (Å²) in [6.45, 7) is 3.62. The van der Waals surface area contributed by atoms with Gasteiger partial charge in [-0.3, -0.25) is 4.79 Å². The molecule has 0 aromatic heterocycles. The molecular weight excluding hydrogens is 292 g/mol. The summed E-state index contributed by atoms with van der Waals surface area (Å²) in [5.74, 6) is -1.90. The van der Waals surface area contributed by atoms with Crippen LogP contribution in [0.15, 0.2) is 30.3 Å². The third-order valence-electron chi connectivity index (χ3n) is 3.27. The third-order valence-corrected chi connectivity index (χ3v) is 4.75. The summed E-state index contributed by atoms with van der Waals surface area (Å²) in [5.41, 5.74) is 0.865. The summed E-state index contributed by atoms with van der Waals surface area (Å²) in [7, 11) is -2.24. The lowest BCUT2D eigenvalue weighted by atomic mass is 9.97. The number of aliphatic carboxylic acids is 1. The standard InChI is InChI=1S/C14H22N2O4S/c1-11(2)13(14(17)18)9-15-21(19,20)16(3)10-12-7-5-4-6-8-12/h4-8,11,13,15H,9-10H2,1-3H3,(H,17,18). The molecule has 0 spiro atoms. The van der Waals surface area contributed by atoms with Crippen LogP contribution >= 0.6 is 0 Å². The molecule has 1 unspecified atom stereocenters. The van der Waals surface area contributed by atoms with Gasteiger partial charge in [-0.15, -0.1) is 0 Å². The zero-order chi connectivity index (χ0) is 16.0. The zero-order valence-electron chi connectivity index (χ0n) is 12.5. The number of hydrogen-bond acceptors (Lipinski definition) is 3. The number of carboxylic acid groups (broad SMARTS) is 1. The molecule has 2 N–H and O–H groups in total. The fourth-order valence-electron chi connectivity index (χ4n) is 1.84. The van der Waals surface area contributed by atoms with Crippen LogP contribution in [0.25, 0.3) is 0 Å². The second-order valence-electron chi connectivity index (χ2n) is 5.28. The van der Waals surface area contributed by atoms with Gasteiger partial charge in [-0.25, -0.2) is 4.72 Å². The fourth-order valence-corrected chi connectivity index (χ4v) is 2.77. The molecule has 0 heterocycles. The first kappa shape index (κ1) is 17.6. The maximum absolute atomic E-state index is 12.1. The maximum atomic E-state index is 12.1. The molecule has 1 aromatic carbocycles. The van der Waals surface area contributed by atoms with Gasteiger partial charge in [0.1, 0.15) is 0 Å². The average Bonchev–Trinajstić information content (AvgIpc) is 2.38. The van der Waals surface area contributed by atoms with Gasteiger partial charge in [0.25, 0.3) is 10.2 Å². The number of carbonyl (C=O) groups is 1. The van der Waals surface area contributed by atoms with Crippen molar-refractivity contribution in [2.45, 2.75) is 20.4 Å². The van der Waals surface area contributed by atoms with Crippen LogP contribution in [0, 0.1) is 11.8 Å². The second-order valence-corrected chi connectivity index (χ2v) is 7.15. The van der Waals surface area contributed by atoms with Gasteiger partial charge in [-0.1, -0.05) is 44.2 Å². The van der Waals surface area contributed by atoms with Crippen LogP contribution in [0.1, 0.15) is 19.4 Å². The van der Waals surface area contributed by atoms with Crippen molar-refractivity contribution in [3.05, 3.63) is 35.9 Å². The summed E-state index contributed by atoms with van der Waals surface area (Å²) >= 11 is 0. The number of hydrogen-bond donors (Lipinski definition) is 2. The monoisotopic (exact) mass is 314 g/mol. The van der Waals surface area contributed by atoms with E-state index in [4.69, 9.17) is 5.11 Å². The predicted molar refractivity (Wildman–Crippen MR) is 80.8 cm³/mol. The summed E-state index contributed by atoms with van der Waals surface area (Å²) in [6, 6.07) is 9.20. The molecule has 0 aliphatic heterocycles. The van der Waals surface area contributed by atoms with E-state index in [2.05, 4.69) is 4.72 Å². The van der Waals surface area contributed by atoms with Gasteiger partial charge in [0.05, 0.1) is 5.92 Å². The van der Waals surface area contributed by atoms with Crippen molar-refractivity contribution in [3.8, 4) is 0 Å². The molecule has 0 aliphatic carbocycles. The molecule has 0 saturated heterocycles. The van der Waals surface area contributed by atoms with Gasteiger partial charge in [-0.2, -0.15) is 12.7 Å². The predicted octanol–water partition coefficient (Wildman–Crippen LogP) is 1.31. The van der Waals surface area contributed by atoms with Crippen LogP contribution in [-0.2, 0) is 21.5 Å². The maximum Gasteiger partial charge on any atom is 0.308 e. The molecule has 0 fully saturated rings. The van der Waals surface area contributed by atoms with E-state index in [1.165, 1.54) is 11.4 Å². The van der Waals surface area contributed by atoms with Gasteiger partial charge in [0.15, 0.2) is 0 Å². The highest BCUT2D eigenvalue weighted by molar-refractivity contribution is 7.87. The lowest BCUT2D eigenvalue weighted by Crippen LogP contribution is -2.42. The van der Waals surface area contributed by atoms with Crippen molar-refractivity contribution in [2.24, 2.45) is 11.8 Å². The van der Waals surface area contributed by atoms with E-state index in [0.717, 1.165) is 5.56 Å². The Bertz CT molecular complexity index is 558. The Hall–Kier alpha value is -1.44. The first-order valence-corrected chi connectivity index (χ1v) is 8.15. The van der Waals surface area contributed by atoms with Crippen LogP contribution in [0.4, 0.5) is 0 Å². The van der Waals surface area contributed by atoms with Crippen molar-refractivity contribution in [3.63, 3.8) is 0 Å². The van der Waals surface area contributed by atoms with Crippen LogP contribution in [0.2, 0.25) is 0 Å². The molecular formula is C14H22N2O4S. The van der Waals surface area contributed by atoms with E-state index in [1.807, 2.05) is 30.3 Å². The summed E-state index contributed by atoms with van der Waals surface area (Å²) in [6.07, 6.45) is 0. The molecule has 1 atom stereocenters. The molecule has 0 aliphatic rings. The Kier molecular flexibility index (Phi) is 6.32. The second kappa shape index (κ2) is 7.53. The van der Waals surface area contributed by atoms with E-state index in [0.29, 0.717) is 0 Å². The molecule has 0 bridgehead atoms. The normalized spacial score (nSPS) is 13.6. The lowest BCUT2D eigenvalue weighted by molar-refractivity contribution is -0.142. The largest absolute Gasteiger partial charge is 0.481 e. The highest BCUT2D eigenvalue weighted by atomic mass is 32.2. The van der Waals surface area contributed by atoms with Crippen LogP contribution < -0.4 is 4.72 Å². The number of nitrogens with zero attached hydrogens (tertiary/aromatic N) is 1. The lowest BCUT2D eigenvalue weighted by Gasteiger charge is -2.21. The SMILES string of the molecule is CC(C)C(CNS(=O)(=O)N(C)Cc1ccccc1)C(=O)O. The summed E-state index contributed by atoms with van der Waals surface area (Å²) in [4.78, 5) is 11.1. The first-order chi connectivity index (χ1) is 9.74. The summed E-state index contributed by atoms with van der Waals surface area (Å²) in [5, 5.41) is 9.07. The van der Waals surface area contributed by atoms with E-state index < -0.39 is 22.1 Å². The molecule has 1 rings (SSSR count). The molecule has 0 radical (unpaired) electrons. The highest BCUT2D eigenvalue weighted by Gasteiger charge is 2.25. The minimum atomic E-state index is -3.70. The quantitative estimate of drug-likeness (QED) is 0.757. The van der Waals surface area contributed by atoms with Gasteiger partial charge >= 0.3 is 5.97 Å². The van der Waals surface area contributed by atoms with Gasteiger partial charge in [0, 0.05) is 20.1 Å². The van der Waals surface area contributed by atoms with Crippen molar-refractivity contribution >= 4 is 16.2 Å². The van der Waals surface area contributed by atoms with E-state index >= 15 is 0 Å². The highest BCUT2D eigenvalue weighted by Crippen LogP contribution is 2.11. The van der Waals surface area contributed by atoms with E-state index in [-0.39, 0.29) is 19.0 Å². The van der Waals surface area contributed by atoms with Crippen LogP contribution in [-0.4, -0.2) is 37.4 Å². The van der Waals surface area contributed by atoms with Crippen LogP contribution in [0.3, 0.4) is 0 Å². The topological polar surface area (TPSA) is 86.7 Å². The van der Waals surface area contributed by atoms with Crippen molar-refractivity contribution in [2.75, 3.05) is 13.6 Å². The molecule has 21 heavy (non-hydrogen) atoms. The third kappa shape index (κ3) is 5.45. The fraction of sp³-hybridized carbons (Fsp3) is 0.500. The minimum absolute atomic E-state index is 0.117. The molecule has 1 aromatic rings.